The third kappa shape index (κ3) is 4.18. The van der Waals surface area contributed by atoms with Crippen molar-refractivity contribution in [1.29, 1.82) is 0 Å². The van der Waals surface area contributed by atoms with Gasteiger partial charge in [0, 0.05) is 6.07 Å². The van der Waals surface area contributed by atoms with Crippen LogP contribution in [0.1, 0.15) is 37.0 Å². The van der Waals surface area contributed by atoms with Crippen molar-refractivity contribution < 1.29 is 24.4 Å². The van der Waals surface area contributed by atoms with Gasteiger partial charge in [-0.2, -0.15) is 0 Å². The average Bonchev–Trinajstić information content (AvgIpc) is 2.46. The molecule has 0 aliphatic carbocycles. The van der Waals surface area contributed by atoms with Gasteiger partial charge in [-0.15, -0.1) is 0 Å². The van der Waals surface area contributed by atoms with E-state index in [1.54, 1.807) is 13.8 Å². The Balaban J connectivity index is 3.19. The molecule has 0 aromatic heterocycles. The van der Waals surface area contributed by atoms with Gasteiger partial charge in [0.05, 0.1) is 11.5 Å². The number of amides is 1. The number of rotatable bonds is 8. The number of carbonyl (C=O) groups is 2. The number of hydrogen-bond acceptors (Lipinski definition) is 5. The van der Waals surface area contributed by atoms with E-state index in [0.717, 1.165) is 0 Å². The third-order valence-corrected chi connectivity index (χ3v) is 2.91. The van der Waals surface area contributed by atoms with Crippen LogP contribution < -0.4 is 10.1 Å². The Morgan fingerprint density at radius 1 is 1.41 bits per heavy atom. The molecule has 0 saturated carbocycles. The van der Waals surface area contributed by atoms with E-state index in [0.29, 0.717) is 6.42 Å². The molecule has 8 nitrogen and oxygen atoms in total. The number of hydrogen-bond donors (Lipinski definition) is 2. The fraction of sp³-hybridized carbons (Fsp3) is 0.429. The van der Waals surface area contributed by atoms with Crippen molar-refractivity contribution in [2.24, 2.45) is 0 Å². The highest BCUT2D eigenvalue weighted by Gasteiger charge is 2.28. The van der Waals surface area contributed by atoms with Gasteiger partial charge >= 0.3 is 5.97 Å². The number of nitro benzene ring substituents is 1. The van der Waals surface area contributed by atoms with Crippen LogP contribution in [0.5, 0.6) is 5.75 Å². The van der Waals surface area contributed by atoms with Crippen LogP contribution in [0.2, 0.25) is 0 Å². The molecule has 0 radical (unpaired) electrons. The van der Waals surface area contributed by atoms with E-state index in [1.807, 2.05) is 0 Å². The lowest BCUT2D eigenvalue weighted by Crippen LogP contribution is -2.41. The quantitative estimate of drug-likeness (QED) is 0.559. The Bertz CT molecular complexity index is 572. The van der Waals surface area contributed by atoms with E-state index >= 15 is 0 Å². The second-order valence-corrected chi connectivity index (χ2v) is 4.49. The molecule has 0 heterocycles. The molecule has 0 aliphatic rings. The molecule has 1 rings (SSSR count). The molecular weight excluding hydrogens is 292 g/mol. The number of nitrogens with one attached hydrogen (secondary N) is 1. The number of carboxylic acids is 1. The summed E-state index contributed by atoms with van der Waals surface area (Å²) >= 11 is 0. The highest BCUT2D eigenvalue weighted by atomic mass is 16.6. The summed E-state index contributed by atoms with van der Waals surface area (Å²) in [6, 6.07) is 2.90. The Morgan fingerprint density at radius 3 is 2.59 bits per heavy atom. The molecule has 1 aromatic carbocycles. The number of carbonyl (C=O) groups excluding carboxylic acids is 1. The number of nitrogens with zero attached hydrogens (tertiary/aromatic N) is 1. The summed E-state index contributed by atoms with van der Waals surface area (Å²) in [4.78, 5) is 33.8. The highest BCUT2D eigenvalue weighted by Crippen LogP contribution is 2.28. The monoisotopic (exact) mass is 310 g/mol. The summed E-state index contributed by atoms with van der Waals surface area (Å²) in [5, 5.41) is 22.5. The molecule has 120 valence electrons. The van der Waals surface area contributed by atoms with E-state index in [1.165, 1.54) is 18.2 Å². The maximum Gasteiger partial charge on any atom is 0.326 e. The first kappa shape index (κ1) is 17.4. The minimum Gasteiger partial charge on any atom is -0.493 e. The predicted molar refractivity (Wildman–Crippen MR) is 78.1 cm³/mol. The van der Waals surface area contributed by atoms with Crippen LogP contribution in [0.25, 0.3) is 0 Å². The standard InChI is InChI=1S/C14H18N2O6/c1-3-6-9(14(18)19)15-13(17)12-10(16(20)21)7-5-8-11(12)22-4-2/h5,7-9H,3-4,6H2,1-2H3,(H,15,17)(H,18,19). The minimum absolute atomic E-state index is 0.0508. The molecule has 1 amide bonds. The zero-order valence-electron chi connectivity index (χ0n) is 12.4. The molecule has 1 atom stereocenters. The molecule has 0 fully saturated rings. The summed E-state index contributed by atoms with van der Waals surface area (Å²) in [7, 11) is 0. The van der Waals surface area contributed by atoms with Crippen LogP contribution in [0.15, 0.2) is 18.2 Å². The van der Waals surface area contributed by atoms with Crippen molar-refractivity contribution in [3.05, 3.63) is 33.9 Å². The first-order chi connectivity index (χ1) is 10.4. The molecule has 0 bridgehead atoms. The molecule has 0 aliphatic heterocycles. The van der Waals surface area contributed by atoms with E-state index in [-0.39, 0.29) is 24.3 Å². The number of aliphatic carboxylic acids is 1. The van der Waals surface area contributed by atoms with Crippen molar-refractivity contribution in [3.8, 4) is 5.75 Å². The summed E-state index contributed by atoms with van der Waals surface area (Å²) in [5.74, 6) is -1.97. The smallest absolute Gasteiger partial charge is 0.326 e. The fourth-order valence-electron chi connectivity index (χ4n) is 1.95. The van der Waals surface area contributed by atoms with Crippen molar-refractivity contribution in [1.82, 2.24) is 5.32 Å². The molecule has 22 heavy (non-hydrogen) atoms. The van der Waals surface area contributed by atoms with Crippen molar-refractivity contribution in [3.63, 3.8) is 0 Å². The van der Waals surface area contributed by atoms with Crippen LogP contribution in [0, 0.1) is 10.1 Å². The average molecular weight is 310 g/mol. The van der Waals surface area contributed by atoms with E-state index < -0.39 is 28.5 Å². The lowest BCUT2D eigenvalue weighted by molar-refractivity contribution is -0.385. The maximum atomic E-state index is 12.3. The third-order valence-electron chi connectivity index (χ3n) is 2.91. The SMILES string of the molecule is CCCC(NC(=O)c1c(OCC)cccc1[N+](=O)[O-])C(=O)O. The van der Waals surface area contributed by atoms with Gasteiger partial charge in [0.15, 0.2) is 5.56 Å². The first-order valence-electron chi connectivity index (χ1n) is 6.86. The zero-order valence-corrected chi connectivity index (χ0v) is 12.4. The molecule has 1 aromatic rings. The summed E-state index contributed by atoms with van der Waals surface area (Å²) in [6.45, 7) is 3.68. The van der Waals surface area contributed by atoms with Gasteiger partial charge in [0.1, 0.15) is 11.8 Å². The van der Waals surface area contributed by atoms with Gasteiger partial charge in [-0.25, -0.2) is 4.79 Å². The molecule has 0 spiro atoms. The van der Waals surface area contributed by atoms with Gasteiger partial charge in [0.25, 0.3) is 11.6 Å². The van der Waals surface area contributed by atoms with E-state index in [2.05, 4.69) is 5.32 Å². The van der Waals surface area contributed by atoms with E-state index in [9.17, 15) is 19.7 Å². The zero-order chi connectivity index (χ0) is 16.7. The topological polar surface area (TPSA) is 119 Å². The second-order valence-electron chi connectivity index (χ2n) is 4.49. The molecule has 2 N–H and O–H groups in total. The van der Waals surface area contributed by atoms with Crippen LogP contribution in [0.4, 0.5) is 5.69 Å². The van der Waals surface area contributed by atoms with Crippen molar-refractivity contribution in [2.75, 3.05) is 6.61 Å². The number of nitro groups is 1. The molecule has 8 heteroatoms. The lowest BCUT2D eigenvalue weighted by Gasteiger charge is -2.15. The lowest BCUT2D eigenvalue weighted by atomic mass is 10.1. The number of carboxylic acid groups (broad SMARTS) is 1. The van der Waals surface area contributed by atoms with Gasteiger partial charge in [-0.3, -0.25) is 14.9 Å². The summed E-state index contributed by atoms with van der Waals surface area (Å²) in [6.07, 6.45) is 0.776. The van der Waals surface area contributed by atoms with Gasteiger partial charge in [0.2, 0.25) is 0 Å². The van der Waals surface area contributed by atoms with Crippen LogP contribution in [0.3, 0.4) is 0 Å². The van der Waals surface area contributed by atoms with Gasteiger partial charge in [-0.05, 0) is 19.4 Å². The maximum absolute atomic E-state index is 12.3. The Hall–Kier alpha value is -2.64. The minimum atomic E-state index is -1.19. The first-order valence-corrected chi connectivity index (χ1v) is 6.86. The van der Waals surface area contributed by atoms with Crippen LogP contribution >= 0.6 is 0 Å². The normalized spacial score (nSPS) is 11.5. The largest absolute Gasteiger partial charge is 0.493 e. The van der Waals surface area contributed by atoms with Crippen LogP contribution in [-0.2, 0) is 4.79 Å². The molecule has 1 unspecified atom stereocenters. The van der Waals surface area contributed by atoms with Crippen molar-refractivity contribution in [2.45, 2.75) is 32.7 Å². The second kappa shape index (κ2) is 7.96. The molecular formula is C14H18N2O6. The van der Waals surface area contributed by atoms with E-state index in [4.69, 9.17) is 9.84 Å². The summed E-state index contributed by atoms with van der Waals surface area (Å²) < 4.78 is 5.24. The Labute approximate surface area is 127 Å². The van der Waals surface area contributed by atoms with Crippen LogP contribution in [-0.4, -0.2) is 34.6 Å². The fourth-order valence-corrected chi connectivity index (χ4v) is 1.95. The predicted octanol–water partition coefficient (Wildman–Crippen LogP) is 1.98. The summed E-state index contributed by atoms with van der Waals surface area (Å²) in [5.41, 5.74) is -0.694. The van der Waals surface area contributed by atoms with Crippen molar-refractivity contribution >= 4 is 17.6 Å². The number of benzene rings is 1. The Morgan fingerprint density at radius 2 is 2.09 bits per heavy atom. The Kier molecular flexibility index (Phi) is 6.30. The van der Waals surface area contributed by atoms with Gasteiger partial charge in [-0.1, -0.05) is 19.4 Å². The number of ether oxygens (including phenoxy) is 1. The van der Waals surface area contributed by atoms with Gasteiger partial charge < -0.3 is 15.2 Å². The molecule has 0 saturated heterocycles. The highest BCUT2D eigenvalue weighted by molar-refractivity contribution is 6.02.